The summed E-state index contributed by atoms with van der Waals surface area (Å²) >= 11 is 0. The summed E-state index contributed by atoms with van der Waals surface area (Å²) in [5, 5.41) is 17.2. The highest BCUT2D eigenvalue weighted by molar-refractivity contribution is 5.97. The van der Waals surface area contributed by atoms with Gasteiger partial charge in [0.15, 0.2) is 5.96 Å². The monoisotopic (exact) mass is 494 g/mol. The van der Waals surface area contributed by atoms with Crippen LogP contribution in [-0.2, 0) is 25.5 Å². The largest absolute Gasteiger partial charge is 0.478 e. The molecule has 3 rings (SSSR count). The van der Waals surface area contributed by atoms with E-state index in [1.54, 1.807) is 0 Å². The Bertz CT molecular complexity index is 1170. The average Bonchev–Trinajstić information content (AvgIpc) is 2.83. The van der Waals surface area contributed by atoms with Crippen molar-refractivity contribution >= 4 is 34.5 Å². The van der Waals surface area contributed by atoms with Gasteiger partial charge in [0.05, 0.1) is 30.7 Å². The van der Waals surface area contributed by atoms with Crippen LogP contribution in [-0.4, -0.2) is 53.1 Å². The summed E-state index contributed by atoms with van der Waals surface area (Å²) in [4.78, 5) is 40.8. The highest BCUT2D eigenvalue weighted by Crippen LogP contribution is 2.26. The van der Waals surface area contributed by atoms with Gasteiger partial charge in [0.25, 0.3) is 0 Å². The van der Waals surface area contributed by atoms with Crippen LogP contribution in [0.15, 0.2) is 59.1 Å². The number of guanidine groups is 1. The van der Waals surface area contributed by atoms with Crippen molar-refractivity contribution in [3.05, 3.63) is 59.7 Å². The fraction of sp³-hybridized carbons (Fsp3) is 0.407. The molecule has 5 N–H and O–H groups in total. The number of carbonyl (C=O) groups excluding carboxylic acids is 2. The fourth-order valence-electron chi connectivity index (χ4n) is 4.40. The van der Waals surface area contributed by atoms with Crippen LogP contribution >= 0.6 is 0 Å². The van der Waals surface area contributed by atoms with Crippen LogP contribution in [0.4, 0.5) is 0 Å². The number of rotatable bonds is 9. The van der Waals surface area contributed by atoms with Crippen molar-refractivity contribution in [1.29, 1.82) is 0 Å². The maximum Gasteiger partial charge on any atom is 0.331 e. The average molecular weight is 495 g/mol. The minimum atomic E-state index is -1.09. The molecular formula is C27H34N4O5. The molecule has 3 atom stereocenters. The third-order valence-electron chi connectivity index (χ3n) is 6.22. The van der Waals surface area contributed by atoms with E-state index in [0.29, 0.717) is 0 Å². The van der Waals surface area contributed by atoms with E-state index in [4.69, 9.17) is 10.5 Å². The number of nitrogens with two attached hydrogens (primary N) is 1. The van der Waals surface area contributed by atoms with Crippen molar-refractivity contribution in [2.45, 2.75) is 70.7 Å². The Morgan fingerprint density at radius 1 is 1.14 bits per heavy atom. The molecule has 1 aliphatic carbocycles. The first kappa shape index (κ1) is 26.9. The van der Waals surface area contributed by atoms with E-state index < -0.39 is 24.2 Å². The van der Waals surface area contributed by atoms with Crippen LogP contribution in [0.2, 0.25) is 0 Å². The number of carbonyl (C=O) groups is 3. The molecule has 2 aromatic rings. The normalized spacial score (nSPS) is 20.2. The van der Waals surface area contributed by atoms with Crippen molar-refractivity contribution in [1.82, 2.24) is 10.6 Å². The molecule has 0 saturated heterocycles. The van der Waals surface area contributed by atoms with Crippen molar-refractivity contribution < 1.29 is 24.2 Å². The summed E-state index contributed by atoms with van der Waals surface area (Å²) in [5.74, 6) is -1.88. The lowest BCUT2D eigenvalue weighted by Gasteiger charge is -2.36. The molecule has 192 valence electrons. The SMILES string of the molecule is CCC(CC)O[C@@H]1C=C(C(=O)O)C[C@H](N=C(N)NC(=O)Cc2ccc3ccccc3c2)[C@H]1NC(C)=O. The van der Waals surface area contributed by atoms with Crippen LogP contribution in [0, 0.1) is 0 Å². The number of carboxylic acids is 1. The molecule has 0 spiro atoms. The number of amides is 2. The third-order valence-corrected chi connectivity index (χ3v) is 6.22. The van der Waals surface area contributed by atoms with Crippen molar-refractivity contribution in [3.63, 3.8) is 0 Å². The molecular weight excluding hydrogens is 460 g/mol. The number of hydrogen-bond acceptors (Lipinski definition) is 5. The molecule has 0 unspecified atom stereocenters. The summed E-state index contributed by atoms with van der Waals surface area (Å²) in [6, 6.07) is 12.3. The Labute approximate surface area is 210 Å². The molecule has 0 aromatic heterocycles. The summed E-state index contributed by atoms with van der Waals surface area (Å²) in [5.41, 5.74) is 7.00. The van der Waals surface area contributed by atoms with Crippen molar-refractivity contribution in [3.8, 4) is 0 Å². The zero-order valence-corrected chi connectivity index (χ0v) is 20.9. The number of nitrogens with zero attached hydrogens (tertiary/aromatic N) is 1. The molecule has 2 amide bonds. The Balaban J connectivity index is 1.78. The van der Waals surface area contributed by atoms with E-state index >= 15 is 0 Å². The van der Waals surface area contributed by atoms with Gasteiger partial charge in [-0.05, 0) is 35.3 Å². The minimum absolute atomic E-state index is 0.0320. The molecule has 1 aliphatic rings. The maximum atomic E-state index is 12.6. The van der Waals surface area contributed by atoms with Crippen LogP contribution < -0.4 is 16.4 Å². The lowest BCUT2D eigenvalue weighted by molar-refractivity contribution is -0.133. The van der Waals surface area contributed by atoms with Gasteiger partial charge in [-0.3, -0.25) is 14.9 Å². The van der Waals surface area contributed by atoms with E-state index in [9.17, 15) is 19.5 Å². The quantitative estimate of drug-likeness (QED) is 0.312. The second-order valence-electron chi connectivity index (χ2n) is 8.95. The molecule has 0 radical (unpaired) electrons. The van der Waals surface area contributed by atoms with Gasteiger partial charge >= 0.3 is 5.97 Å². The zero-order chi connectivity index (χ0) is 26.2. The minimum Gasteiger partial charge on any atom is -0.478 e. The fourth-order valence-corrected chi connectivity index (χ4v) is 4.40. The Morgan fingerprint density at radius 2 is 1.83 bits per heavy atom. The Kier molecular flexibility index (Phi) is 9.19. The van der Waals surface area contributed by atoms with E-state index in [0.717, 1.165) is 29.2 Å². The summed E-state index contributed by atoms with van der Waals surface area (Å²) in [6.07, 6.45) is 2.31. The number of hydrogen-bond donors (Lipinski definition) is 4. The smallest absolute Gasteiger partial charge is 0.331 e. The molecule has 0 aliphatic heterocycles. The highest BCUT2D eigenvalue weighted by Gasteiger charge is 2.37. The topological polar surface area (TPSA) is 143 Å². The lowest BCUT2D eigenvalue weighted by Crippen LogP contribution is -2.54. The first-order valence-corrected chi connectivity index (χ1v) is 12.2. The number of benzene rings is 2. The Morgan fingerprint density at radius 3 is 2.47 bits per heavy atom. The lowest BCUT2D eigenvalue weighted by atomic mass is 9.88. The van der Waals surface area contributed by atoms with Crippen LogP contribution in [0.5, 0.6) is 0 Å². The number of nitrogens with one attached hydrogen (secondary N) is 2. The van der Waals surface area contributed by atoms with Crippen LogP contribution in [0.25, 0.3) is 10.8 Å². The molecule has 2 aromatic carbocycles. The second kappa shape index (κ2) is 12.3. The molecule has 0 heterocycles. The van der Waals surface area contributed by atoms with Gasteiger partial charge < -0.3 is 20.9 Å². The molecule has 9 nitrogen and oxygen atoms in total. The van der Waals surface area contributed by atoms with Gasteiger partial charge in [-0.25, -0.2) is 9.79 Å². The van der Waals surface area contributed by atoms with E-state index in [-0.39, 0.29) is 42.3 Å². The van der Waals surface area contributed by atoms with Gasteiger partial charge in [0.2, 0.25) is 11.8 Å². The maximum absolute atomic E-state index is 12.6. The van der Waals surface area contributed by atoms with Gasteiger partial charge in [0, 0.05) is 18.9 Å². The molecule has 0 saturated carbocycles. The van der Waals surface area contributed by atoms with Crippen molar-refractivity contribution in [2.24, 2.45) is 10.7 Å². The van der Waals surface area contributed by atoms with E-state index in [1.165, 1.54) is 13.0 Å². The highest BCUT2D eigenvalue weighted by atomic mass is 16.5. The third kappa shape index (κ3) is 7.14. The van der Waals surface area contributed by atoms with Crippen molar-refractivity contribution in [2.75, 3.05) is 0 Å². The second-order valence-corrected chi connectivity index (χ2v) is 8.95. The summed E-state index contributed by atoms with van der Waals surface area (Å²) in [7, 11) is 0. The predicted octanol–water partition coefficient (Wildman–Crippen LogP) is 2.67. The van der Waals surface area contributed by atoms with Gasteiger partial charge in [-0.1, -0.05) is 56.3 Å². The molecule has 0 bridgehead atoms. The predicted molar refractivity (Wildman–Crippen MR) is 138 cm³/mol. The van der Waals surface area contributed by atoms with E-state index in [1.807, 2.05) is 56.3 Å². The zero-order valence-electron chi connectivity index (χ0n) is 20.9. The summed E-state index contributed by atoms with van der Waals surface area (Å²) < 4.78 is 6.14. The van der Waals surface area contributed by atoms with Crippen LogP contribution in [0.3, 0.4) is 0 Å². The molecule has 0 fully saturated rings. The summed E-state index contributed by atoms with van der Waals surface area (Å²) in [6.45, 7) is 5.33. The number of aliphatic carboxylic acids is 1. The first-order valence-electron chi connectivity index (χ1n) is 12.2. The van der Waals surface area contributed by atoms with E-state index in [2.05, 4.69) is 15.6 Å². The molecule has 36 heavy (non-hydrogen) atoms. The number of aliphatic imine (C=N–C) groups is 1. The standard InChI is InChI=1S/C27H34N4O5/c1-4-21(5-2)36-23-15-20(26(34)35)14-22(25(23)29-16(3)32)30-27(28)31-24(33)13-17-10-11-18-8-6-7-9-19(18)12-17/h6-12,15,21-23,25H,4-5,13-14H2,1-3H3,(H,29,32)(H,34,35)(H3,28,30,31,33)/t22-,23+,25+/m0/s1. The van der Waals surface area contributed by atoms with Gasteiger partial charge in [0.1, 0.15) is 0 Å². The van der Waals surface area contributed by atoms with Gasteiger partial charge in [-0.15, -0.1) is 0 Å². The van der Waals surface area contributed by atoms with Crippen LogP contribution in [0.1, 0.15) is 45.6 Å². The Hall–Kier alpha value is -3.72. The number of ether oxygens (including phenoxy) is 1. The first-order chi connectivity index (χ1) is 17.2. The number of carboxylic acid groups (broad SMARTS) is 1. The number of fused-ring (bicyclic) bond motifs is 1. The van der Waals surface area contributed by atoms with Gasteiger partial charge in [-0.2, -0.15) is 0 Å². The molecule has 9 heteroatoms.